The zero-order valence-electron chi connectivity index (χ0n) is 12.4. The van der Waals surface area contributed by atoms with E-state index in [1.165, 1.54) is 0 Å². The molecule has 6 heteroatoms. The van der Waals surface area contributed by atoms with Crippen molar-refractivity contribution >= 4 is 11.6 Å². The topological polar surface area (TPSA) is 76.8 Å². The fourth-order valence-corrected chi connectivity index (χ4v) is 2.35. The van der Waals surface area contributed by atoms with E-state index in [0.717, 1.165) is 13.1 Å². The number of morpholine rings is 1. The van der Waals surface area contributed by atoms with E-state index in [2.05, 4.69) is 10.2 Å². The average Bonchev–Trinajstić information content (AvgIpc) is 2.53. The zero-order valence-corrected chi connectivity index (χ0v) is 12.4. The van der Waals surface area contributed by atoms with Crippen LogP contribution in [-0.4, -0.2) is 56.8 Å². The number of methoxy groups -OCH3 is 1. The highest BCUT2D eigenvalue weighted by Gasteiger charge is 2.19. The quantitative estimate of drug-likeness (QED) is 0.807. The van der Waals surface area contributed by atoms with E-state index >= 15 is 0 Å². The lowest BCUT2D eigenvalue weighted by Gasteiger charge is -2.32. The number of benzene rings is 1. The lowest BCUT2D eigenvalue weighted by molar-refractivity contribution is -0.117. The van der Waals surface area contributed by atoms with Gasteiger partial charge in [0.15, 0.2) is 0 Å². The van der Waals surface area contributed by atoms with Crippen molar-refractivity contribution in [3.63, 3.8) is 0 Å². The van der Waals surface area contributed by atoms with E-state index in [0.29, 0.717) is 37.6 Å². The Morgan fingerprint density at radius 2 is 2.33 bits per heavy atom. The van der Waals surface area contributed by atoms with Crippen molar-refractivity contribution in [1.82, 2.24) is 4.90 Å². The molecule has 6 nitrogen and oxygen atoms in total. The Bertz CT molecular complexity index is 467. The Morgan fingerprint density at radius 3 is 3.10 bits per heavy atom. The molecule has 1 aliphatic rings. The summed E-state index contributed by atoms with van der Waals surface area (Å²) in [6.45, 7) is 3.54. The molecular weight excluding hydrogens is 270 g/mol. The normalized spacial score (nSPS) is 19.2. The number of nitrogens with zero attached hydrogens (tertiary/aromatic N) is 1. The molecule has 0 radical (unpaired) electrons. The first-order valence-corrected chi connectivity index (χ1v) is 7.20. The van der Waals surface area contributed by atoms with E-state index in [-0.39, 0.29) is 12.0 Å². The van der Waals surface area contributed by atoms with Gasteiger partial charge in [0.2, 0.25) is 5.91 Å². The number of para-hydroxylation sites is 2. The number of amides is 1. The molecule has 0 aliphatic carbocycles. The lowest BCUT2D eigenvalue weighted by atomic mass is 10.2. The molecule has 1 heterocycles. The molecule has 21 heavy (non-hydrogen) atoms. The van der Waals surface area contributed by atoms with E-state index in [1.807, 2.05) is 24.3 Å². The highest BCUT2D eigenvalue weighted by molar-refractivity contribution is 5.92. The summed E-state index contributed by atoms with van der Waals surface area (Å²) in [5, 5.41) is 2.88. The molecule has 0 bridgehead atoms. The molecule has 1 saturated heterocycles. The number of nitrogens with one attached hydrogen (secondary N) is 1. The van der Waals surface area contributed by atoms with Crippen LogP contribution in [0, 0.1) is 0 Å². The standard InChI is InChI=1S/C15H23N3O3/c1-20-14-5-3-2-4-13(14)17-15(19)6-7-18-8-9-21-12(10-16)11-18/h2-5,12H,6-11,16H2,1H3,(H,17,19). The van der Waals surface area contributed by atoms with E-state index in [9.17, 15) is 4.79 Å². The van der Waals surface area contributed by atoms with Gasteiger partial charge in [-0.25, -0.2) is 0 Å². The molecule has 3 N–H and O–H groups in total. The molecule has 116 valence electrons. The second kappa shape index (κ2) is 7.97. The SMILES string of the molecule is COc1ccccc1NC(=O)CCN1CCOC(CN)C1. The van der Waals surface area contributed by atoms with Crippen LogP contribution < -0.4 is 15.8 Å². The van der Waals surface area contributed by atoms with Crippen LogP contribution in [0.5, 0.6) is 5.75 Å². The third kappa shape index (κ3) is 4.70. The Labute approximate surface area is 125 Å². The van der Waals surface area contributed by atoms with Crippen LogP contribution in [0.2, 0.25) is 0 Å². The molecular formula is C15H23N3O3. The molecule has 1 amide bonds. The van der Waals surface area contributed by atoms with Gasteiger partial charge in [0.05, 0.1) is 25.5 Å². The fourth-order valence-electron chi connectivity index (χ4n) is 2.35. The number of carbonyl (C=O) groups excluding carboxylic acids is 1. The second-order valence-corrected chi connectivity index (χ2v) is 5.03. The van der Waals surface area contributed by atoms with Gasteiger partial charge in [0.1, 0.15) is 5.75 Å². The first-order valence-electron chi connectivity index (χ1n) is 7.20. The number of ether oxygens (including phenoxy) is 2. The molecule has 0 aromatic heterocycles. The Morgan fingerprint density at radius 1 is 1.52 bits per heavy atom. The van der Waals surface area contributed by atoms with Crippen LogP contribution in [0.3, 0.4) is 0 Å². The summed E-state index contributed by atoms with van der Waals surface area (Å²) in [5.41, 5.74) is 6.31. The molecule has 1 aromatic carbocycles. The monoisotopic (exact) mass is 293 g/mol. The van der Waals surface area contributed by atoms with Gasteiger partial charge in [0, 0.05) is 32.6 Å². The summed E-state index contributed by atoms with van der Waals surface area (Å²) in [4.78, 5) is 14.2. The van der Waals surface area contributed by atoms with E-state index in [4.69, 9.17) is 15.2 Å². The first kappa shape index (κ1) is 15.8. The maximum Gasteiger partial charge on any atom is 0.225 e. The third-order valence-electron chi connectivity index (χ3n) is 3.52. The van der Waals surface area contributed by atoms with Crippen LogP contribution in [-0.2, 0) is 9.53 Å². The smallest absolute Gasteiger partial charge is 0.225 e. The number of carbonyl (C=O) groups is 1. The molecule has 1 aromatic rings. The van der Waals surface area contributed by atoms with Crippen LogP contribution in [0.1, 0.15) is 6.42 Å². The van der Waals surface area contributed by atoms with Crippen molar-refractivity contribution in [1.29, 1.82) is 0 Å². The summed E-state index contributed by atoms with van der Waals surface area (Å²) in [6.07, 6.45) is 0.519. The van der Waals surface area contributed by atoms with Crippen molar-refractivity contribution < 1.29 is 14.3 Å². The van der Waals surface area contributed by atoms with Crippen molar-refractivity contribution in [3.8, 4) is 5.75 Å². The Hall–Kier alpha value is -1.63. The number of anilines is 1. The fraction of sp³-hybridized carbons (Fsp3) is 0.533. The van der Waals surface area contributed by atoms with Gasteiger partial charge in [0.25, 0.3) is 0 Å². The summed E-state index contributed by atoms with van der Waals surface area (Å²) >= 11 is 0. The van der Waals surface area contributed by atoms with Crippen molar-refractivity contribution in [2.45, 2.75) is 12.5 Å². The minimum atomic E-state index is -0.0182. The number of nitrogens with two attached hydrogens (primary N) is 1. The first-order chi connectivity index (χ1) is 10.2. The van der Waals surface area contributed by atoms with Crippen LogP contribution in [0.25, 0.3) is 0 Å². The average molecular weight is 293 g/mol. The van der Waals surface area contributed by atoms with Gasteiger partial charge < -0.3 is 20.5 Å². The Balaban J connectivity index is 1.79. The predicted molar refractivity (Wildman–Crippen MR) is 81.5 cm³/mol. The van der Waals surface area contributed by atoms with Crippen molar-refractivity contribution in [3.05, 3.63) is 24.3 Å². The van der Waals surface area contributed by atoms with Gasteiger partial charge in [-0.2, -0.15) is 0 Å². The van der Waals surface area contributed by atoms with Crippen LogP contribution in [0.15, 0.2) is 24.3 Å². The summed E-state index contributed by atoms with van der Waals surface area (Å²) < 4.78 is 10.7. The van der Waals surface area contributed by atoms with Gasteiger partial charge >= 0.3 is 0 Å². The van der Waals surface area contributed by atoms with Crippen LogP contribution in [0.4, 0.5) is 5.69 Å². The molecule has 1 atom stereocenters. The molecule has 1 aliphatic heterocycles. The minimum Gasteiger partial charge on any atom is -0.495 e. The number of hydrogen-bond acceptors (Lipinski definition) is 5. The summed E-state index contributed by atoms with van der Waals surface area (Å²) in [5.74, 6) is 0.649. The number of rotatable bonds is 6. The minimum absolute atomic E-state index is 0.0182. The molecule has 1 fully saturated rings. The molecule has 1 unspecified atom stereocenters. The highest BCUT2D eigenvalue weighted by Crippen LogP contribution is 2.23. The van der Waals surface area contributed by atoms with E-state index < -0.39 is 0 Å². The summed E-state index contributed by atoms with van der Waals surface area (Å²) in [6, 6.07) is 7.39. The van der Waals surface area contributed by atoms with Crippen LogP contribution >= 0.6 is 0 Å². The van der Waals surface area contributed by atoms with Gasteiger partial charge in [-0.1, -0.05) is 12.1 Å². The lowest BCUT2D eigenvalue weighted by Crippen LogP contribution is -2.46. The second-order valence-electron chi connectivity index (χ2n) is 5.03. The third-order valence-corrected chi connectivity index (χ3v) is 3.52. The van der Waals surface area contributed by atoms with Gasteiger partial charge in [-0.3, -0.25) is 9.69 Å². The predicted octanol–water partition coefficient (Wildman–Crippen LogP) is 0.683. The number of hydrogen-bond donors (Lipinski definition) is 2. The zero-order chi connectivity index (χ0) is 15.1. The van der Waals surface area contributed by atoms with Gasteiger partial charge in [-0.05, 0) is 12.1 Å². The van der Waals surface area contributed by atoms with Crippen molar-refractivity contribution in [2.75, 3.05) is 45.2 Å². The maximum atomic E-state index is 12.0. The summed E-state index contributed by atoms with van der Waals surface area (Å²) in [7, 11) is 1.59. The van der Waals surface area contributed by atoms with E-state index in [1.54, 1.807) is 7.11 Å². The van der Waals surface area contributed by atoms with Gasteiger partial charge in [-0.15, -0.1) is 0 Å². The highest BCUT2D eigenvalue weighted by atomic mass is 16.5. The Kier molecular flexibility index (Phi) is 5.98. The maximum absolute atomic E-state index is 12.0. The molecule has 2 rings (SSSR count). The van der Waals surface area contributed by atoms with Crippen molar-refractivity contribution in [2.24, 2.45) is 5.73 Å². The molecule has 0 saturated carbocycles. The largest absolute Gasteiger partial charge is 0.495 e. The molecule has 0 spiro atoms.